The summed E-state index contributed by atoms with van der Waals surface area (Å²) in [6, 6.07) is 6.71. The van der Waals surface area contributed by atoms with E-state index in [2.05, 4.69) is 0 Å². The molecule has 0 aliphatic heterocycles. The quantitative estimate of drug-likeness (QED) is 0.462. The van der Waals surface area contributed by atoms with Crippen LogP contribution in [0.25, 0.3) is 11.0 Å². The number of unbranched alkanes of at least 4 members (excludes halogenated alkanes) is 1. The first-order chi connectivity index (χ1) is 9.85. The lowest BCUT2D eigenvalue weighted by molar-refractivity contribution is 0.309. The molecule has 2 aromatic rings. The fourth-order valence-electron chi connectivity index (χ4n) is 1.96. The van der Waals surface area contributed by atoms with E-state index in [1.807, 2.05) is 13.0 Å². The van der Waals surface area contributed by atoms with Crippen molar-refractivity contribution in [3.05, 3.63) is 40.2 Å². The molecule has 5 nitrogen and oxygen atoms in total. The fourth-order valence-corrected chi connectivity index (χ4v) is 2.84. The van der Waals surface area contributed by atoms with Gasteiger partial charge in [0.2, 0.25) is 9.05 Å². The molecule has 0 aliphatic rings. The Bertz CT molecular complexity index is 795. The Morgan fingerprint density at radius 2 is 2.00 bits per heavy atom. The minimum atomic E-state index is -3.44. The molecule has 0 aliphatic carbocycles. The Labute approximate surface area is 126 Å². The SMILES string of the molecule is Cc1cc(=O)oc2cc(OCCCCS(=O)(=O)Cl)ccc12. The Balaban J connectivity index is 1.99. The molecule has 2 rings (SSSR count). The third-order valence-corrected chi connectivity index (χ3v) is 4.21. The van der Waals surface area contributed by atoms with Crippen LogP contribution in [0.5, 0.6) is 5.75 Å². The number of fused-ring (bicyclic) bond motifs is 1. The molecule has 114 valence electrons. The van der Waals surface area contributed by atoms with Crippen molar-refractivity contribution in [2.24, 2.45) is 0 Å². The number of aryl methyl sites for hydroxylation is 1. The van der Waals surface area contributed by atoms with Gasteiger partial charge in [-0.05, 0) is 37.5 Å². The van der Waals surface area contributed by atoms with Crippen LogP contribution in [0.2, 0.25) is 0 Å². The van der Waals surface area contributed by atoms with Gasteiger partial charge in [0, 0.05) is 28.2 Å². The first-order valence-electron chi connectivity index (χ1n) is 6.45. The van der Waals surface area contributed by atoms with E-state index in [0.29, 0.717) is 30.8 Å². The van der Waals surface area contributed by atoms with Gasteiger partial charge in [-0.15, -0.1) is 0 Å². The van der Waals surface area contributed by atoms with E-state index in [0.717, 1.165) is 10.9 Å². The molecular weight excluding hydrogens is 316 g/mol. The second-order valence-corrected chi connectivity index (χ2v) is 7.60. The topological polar surface area (TPSA) is 73.6 Å². The van der Waals surface area contributed by atoms with E-state index in [1.54, 1.807) is 12.1 Å². The van der Waals surface area contributed by atoms with Crippen LogP contribution in [0.4, 0.5) is 0 Å². The van der Waals surface area contributed by atoms with Crippen LogP contribution in [-0.2, 0) is 9.05 Å². The lowest BCUT2D eigenvalue weighted by Crippen LogP contribution is -2.03. The van der Waals surface area contributed by atoms with Gasteiger partial charge in [0.1, 0.15) is 11.3 Å². The fraction of sp³-hybridized carbons (Fsp3) is 0.357. The third-order valence-electron chi connectivity index (χ3n) is 2.97. The van der Waals surface area contributed by atoms with Crippen molar-refractivity contribution in [2.75, 3.05) is 12.4 Å². The number of hydrogen-bond acceptors (Lipinski definition) is 5. The monoisotopic (exact) mass is 330 g/mol. The number of ether oxygens (including phenoxy) is 1. The summed E-state index contributed by atoms with van der Waals surface area (Å²) < 4.78 is 32.1. The standard InChI is InChI=1S/C14H15ClO5S/c1-10-8-14(16)20-13-9-11(4-5-12(10)13)19-6-2-3-7-21(15,17)18/h4-5,8-9H,2-3,6-7H2,1H3. The van der Waals surface area contributed by atoms with Crippen molar-refractivity contribution in [1.29, 1.82) is 0 Å². The van der Waals surface area contributed by atoms with Crippen LogP contribution < -0.4 is 10.4 Å². The molecule has 0 radical (unpaired) electrons. The minimum absolute atomic E-state index is 0.0658. The zero-order valence-electron chi connectivity index (χ0n) is 11.5. The van der Waals surface area contributed by atoms with Gasteiger partial charge >= 0.3 is 5.63 Å². The summed E-state index contributed by atoms with van der Waals surface area (Å²) in [4.78, 5) is 11.3. The summed E-state index contributed by atoms with van der Waals surface area (Å²) in [7, 11) is 1.67. The highest BCUT2D eigenvalue weighted by Gasteiger charge is 2.06. The number of hydrogen-bond donors (Lipinski definition) is 0. The molecule has 0 N–H and O–H groups in total. The number of rotatable bonds is 6. The molecule has 1 aromatic heterocycles. The van der Waals surface area contributed by atoms with Gasteiger partial charge in [-0.3, -0.25) is 0 Å². The molecule has 0 bridgehead atoms. The molecule has 0 spiro atoms. The predicted molar refractivity (Wildman–Crippen MR) is 81.6 cm³/mol. The largest absolute Gasteiger partial charge is 0.493 e. The molecular formula is C14H15ClO5S. The van der Waals surface area contributed by atoms with Crippen LogP contribution in [0, 0.1) is 6.92 Å². The Morgan fingerprint density at radius 3 is 2.71 bits per heavy atom. The summed E-state index contributed by atoms with van der Waals surface area (Å²) >= 11 is 0. The molecule has 21 heavy (non-hydrogen) atoms. The molecule has 0 fully saturated rings. The number of halogens is 1. The predicted octanol–water partition coefficient (Wildman–Crippen LogP) is 2.83. The van der Waals surface area contributed by atoms with Gasteiger partial charge in [-0.25, -0.2) is 13.2 Å². The van der Waals surface area contributed by atoms with E-state index < -0.39 is 14.7 Å². The average molecular weight is 331 g/mol. The van der Waals surface area contributed by atoms with Crippen LogP contribution in [0.3, 0.4) is 0 Å². The highest BCUT2D eigenvalue weighted by molar-refractivity contribution is 8.13. The van der Waals surface area contributed by atoms with E-state index in [4.69, 9.17) is 19.8 Å². The molecule has 1 aromatic carbocycles. The Hall–Kier alpha value is -1.53. The second-order valence-electron chi connectivity index (χ2n) is 4.70. The maximum absolute atomic E-state index is 11.3. The molecule has 0 saturated heterocycles. The first kappa shape index (κ1) is 15.9. The molecule has 1 heterocycles. The van der Waals surface area contributed by atoms with Crippen LogP contribution in [0.1, 0.15) is 18.4 Å². The highest BCUT2D eigenvalue weighted by atomic mass is 35.7. The Kier molecular flexibility index (Phi) is 4.90. The van der Waals surface area contributed by atoms with Crippen molar-refractivity contribution in [2.45, 2.75) is 19.8 Å². The van der Waals surface area contributed by atoms with Gasteiger partial charge in [0.05, 0.1) is 12.4 Å². The summed E-state index contributed by atoms with van der Waals surface area (Å²) in [5.41, 5.74) is 0.922. The molecule has 0 unspecified atom stereocenters. The van der Waals surface area contributed by atoms with Gasteiger partial charge in [0.15, 0.2) is 0 Å². The van der Waals surface area contributed by atoms with Crippen molar-refractivity contribution in [1.82, 2.24) is 0 Å². The molecule has 7 heteroatoms. The average Bonchev–Trinajstić information content (AvgIpc) is 2.36. The Morgan fingerprint density at radius 1 is 1.24 bits per heavy atom. The van der Waals surface area contributed by atoms with Crippen molar-refractivity contribution in [3.8, 4) is 5.75 Å². The smallest absolute Gasteiger partial charge is 0.336 e. The summed E-state index contributed by atoms with van der Waals surface area (Å²) in [5, 5.41) is 0.857. The zero-order valence-corrected chi connectivity index (χ0v) is 13.0. The molecule has 0 amide bonds. The summed E-state index contributed by atoms with van der Waals surface area (Å²) in [6.07, 6.45) is 1.01. The first-order valence-corrected chi connectivity index (χ1v) is 8.93. The third kappa shape index (κ3) is 4.75. The molecule has 0 atom stereocenters. The van der Waals surface area contributed by atoms with Crippen LogP contribution in [0.15, 0.2) is 33.5 Å². The van der Waals surface area contributed by atoms with Gasteiger partial charge in [-0.2, -0.15) is 0 Å². The number of benzene rings is 1. The van der Waals surface area contributed by atoms with E-state index >= 15 is 0 Å². The van der Waals surface area contributed by atoms with Gasteiger partial charge in [-0.1, -0.05) is 0 Å². The van der Waals surface area contributed by atoms with Crippen molar-refractivity contribution >= 4 is 30.7 Å². The summed E-state index contributed by atoms with van der Waals surface area (Å²) in [5.74, 6) is 0.508. The van der Waals surface area contributed by atoms with E-state index in [-0.39, 0.29) is 5.75 Å². The van der Waals surface area contributed by atoms with E-state index in [9.17, 15) is 13.2 Å². The minimum Gasteiger partial charge on any atom is -0.493 e. The van der Waals surface area contributed by atoms with Crippen LogP contribution >= 0.6 is 10.7 Å². The lowest BCUT2D eigenvalue weighted by Gasteiger charge is -2.07. The highest BCUT2D eigenvalue weighted by Crippen LogP contribution is 2.22. The van der Waals surface area contributed by atoms with Crippen molar-refractivity contribution < 1.29 is 17.6 Å². The van der Waals surface area contributed by atoms with E-state index in [1.165, 1.54) is 6.07 Å². The lowest BCUT2D eigenvalue weighted by atomic mass is 10.1. The normalized spacial score (nSPS) is 11.7. The zero-order chi connectivity index (χ0) is 15.5. The van der Waals surface area contributed by atoms with Gasteiger partial charge < -0.3 is 9.15 Å². The summed E-state index contributed by atoms with van der Waals surface area (Å²) in [6.45, 7) is 2.21. The maximum atomic E-state index is 11.3. The maximum Gasteiger partial charge on any atom is 0.336 e. The van der Waals surface area contributed by atoms with Gasteiger partial charge in [0.25, 0.3) is 0 Å². The molecule has 0 saturated carbocycles. The van der Waals surface area contributed by atoms with Crippen molar-refractivity contribution in [3.63, 3.8) is 0 Å². The second kappa shape index (κ2) is 6.49. The van der Waals surface area contributed by atoms with Crippen LogP contribution in [-0.4, -0.2) is 20.8 Å².